The van der Waals surface area contributed by atoms with Crippen molar-refractivity contribution in [1.82, 2.24) is 10.2 Å². The van der Waals surface area contributed by atoms with Gasteiger partial charge in [-0.15, -0.1) is 0 Å². The predicted molar refractivity (Wildman–Crippen MR) is 146 cm³/mol. The average molecular weight is 554 g/mol. The number of amides is 2. The van der Waals surface area contributed by atoms with Crippen molar-refractivity contribution in [2.75, 3.05) is 37.9 Å². The van der Waals surface area contributed by atoms with E-state index in [2.05, 4.69) is 5.32 Å². The highest BCUT2D eigenvalue weighted by Crippen LogP contribution is 2.34. The van der Waals surface area contributed by atoms with Crippen molar-refractivity contribution in [2.45, 2.75) is 45.7 Å². The summed E-state index contributed by atoms with van der Waals surface area (Å²) in [5.41, 5.74) is 0.790. The van der Waals surface area contributed by atoms with Gasteiger partial charge in [0.05, 0.1) is 26.2 Å². The van der Waals surface area contributed by atoms with Crippen LogP contribution in [-0.2, 0) is 26.2 Å². The van der Waals surface area contributed by atoms with E-state index in [1.807, 2.05) is 6.92 Å². The maximum atomic E-state index is 13.8. The SMILES string of the molecule is CCCCNC(=O)C(CC)N(Cc1ccccc1Cl)C(=O)CN(c1cc(OC)ccc1OC)S(C)(=O)=O. The van der Waals surface area contributed by atoms with Crippen LogP contribution in [0.25, 0.3) is 0 Å². The zero-order chi connectivity index (χ0) is 27.6. The number of hydrogen-bond donors (Lipinski definition) is 1. The lowest BCUT2D eigenvalue weighted by atomic mass is 10.1. The molecule has 11 heteroatoms. The summed E-state index contributed by atoms with van der Waals surface area (Å²) in [6.07, 6.45) is 3.05. The first-order valence-electron chi connectivity index (χ1n) is 12.1. The molecule has 2 amide bonds. The van der Waals surface area contributed by atoms with Crippen LogP contribution in [0.3, 0.4) is 0 Å². The van der Waals surface area contributed by atoms with E-state index in [9.17, 15) is 18.0 Å². The molecule has 2 rings (SSSR count). The molecule has 0 heterocycles. The lowest BCUT2D eigenvalue weighted by Gasteiger charge is -2.33. The topological polar surface area (TPSA) is 105 Å². The van der Waals surface area contributed by atoms with E-state index >= 15 is 0 Å². The maximum absolute atomic E-state index is 13.8. The molecule has 0 bridgehead atoms. The number of nitrogens with zero attached hydrogens (tertiary/aromatic N) is 2. The van der Waals surface area contributed by atoms with Crippen molar-refractivity contribution in [2.24, 2.45) is 0 Å². The van der Waals surface area contributed by atoms with Gasteiger partial charge >= 0.3 is 0 Å². The highest BCUT2D eigenvalue weighted by Gasteiger charge is 2.33. The van der Waals surface area contributed by atoms with Crippen LogP contribution in [0.1, 0.15) is 38.7 Å². The Balaban J connectivity index is 2.51. The van der Waals surface area contributed by atoms with Gasteiger partial charge in [-0.1, -0.05) is 50.1 Å². The number of unbranched alkanes of at least 4 members (excludes halogenated alkanes) is 1. The normalized spacial score (nSPS) is 11.9. The zero-order valence-electron chi connectivity index (χ0n) is 22.0. The number of rotatable bonds is 14. The van der Waals surface area contributed by atoms with Gasteiger partial charge in [0.2, 0.25) is 21.8 Å². The number of nitrogens with one attached hydrogen (secondary N) is 1. The monoisotopic (exact) mass is 553 g/mol. The molecule has 0 radical (unpaired) electrons. The highest BCUT2D eigenvalue weighted by molar-refractivity contribution is 7.92. The number of halogens is 1. The lowest BCUT2D eigenvalue weighted by Crippen LogP contribution is -2.52. The maximum Gasteiger partial charge on any atom is 0.244 e. The number of ether oxygens (including phenoxy) is 2. The molecule has 1 unspecified atom stereocenters. The Hall–Kier alpha value is -2.98. The van der Waals surface area contributed by atoms with Crippen LogP contribution in [0.2, 0.25) is 5.02 Å². The van der Waals surface area contributed by atoms with Crippen LogP contribution in [0.4, 0.5) is 5.69 Å². The summed E-state index contributed by atoms with van der Waals surface area (Å²) < 4.78 is 37.3. The van der Waals surface area contributed by atoms with Crippen molar-refractivity contribution >= 4 is 39.1 Å². The summed E-state index contributed by atoms with van der Waals surface area (Å²) in [5.74, 6) is -0.221. The summed E-state index contributed by atoms with van der Waals surface area (Å²) in [6, 6.07) is 10.9. The molecule has 0 aliphatic carbocycles. The minimum absolute atomic E-state index is 0.0328. The molecule has 1 N–H and O–H groups in total. The first kappa shape index (κ1) is 30.2. The Labute approximate surface area is 224 Å². The van der Waals surface area contributed by atoms with E-state index in [1.165, 1.54) is 25.2 Å². The number of benzene rings is 2. The zero-order valence-corrected chi connectivity index (χ0v) is 23.6. The van der Waals surface area contributed by atoms with Gasteiger partial charge in [-0.05, 0) is 36.6 Å². The molecule has 0 fully saturated rings. The molecular weight excluding hydrogens is 518 g/mol. The molecule has 2 aromatic rings. The molecule has 2 aromatic carbocycles. The molecule has 37 heavy (non-hydrogen) atoms. The van der Waals surface area contributed by atoms with Gasteiger partial charge in [0, 0.05) is 24.2 Å². The molecule has 204 valence electrons. The fourth-order valence-electron chi connectivity index (χ4n) is 3.82. The standard InChI is InChI=1S/C26H36ClN3O6S/c1-6-8-15-28-26(32)22(7-2)29(17-19-11-9-10-12-21(19)27)25(31)18-30(37(5,33)34)23-16-20(35-3)13-14-24(23)36-4/h9-14,16,22H,6-8,15,17-18H2,1-5H3,(H,28,32). The Morgan fingerprint density at radius 3 is 2.35 bits per heavy atom. The second-order valence-electron chi connectivity index (χ2n) is 8.49. The molecule has 9 nitrogen and oxygen atoms in total. The van der Waals surface area contributed by atoms with Crippen LogP contribution < -0.4 is 19.1 Å². The van der Waals surface area contributed by atoms with E-state index in [0.717, 1.165) is 23.4 Å². The molecule has 0 saturated carbocycles. The second-order valence-corrected chi connectivity index (χ2v) is 10.8. The molecular formula is C26H36ClN3O6S. The van der Waals surface area contributed by atoms with Gasteiger partial charge in [-0.2, -0.15) is 0 Å². The van der Waals surface area contributed by atoms with Crippen molar-refractivity contribution in [3.05, 3.63) is 53.1 Å². The highest BCUT2D eigenvalue weighted by atomic mass is 35.5. The predicted octanol–water partition coefficient (Wildman–Crippen LogP) is 3.85. The Morgan fingerprint density at radius 2 is 1.78 bits per heavy atom. The molecule has 0 aromatic heterocycles. The third-order valence-corrected chi connectivity index (χ3v) is 7.34. The van der Waals surface area contributed by atoms with Gasteiger partial charge in [-0.3, -0.25) is 13.9 Å². The first-order chi connectivity index (χ1) is 17.6. The van der Waals surface area contributed by atoms with E-state index in [1.54, 1.807) is 43.3 Å². The van der Waals surface area contributed by atoms with Crippen LogP contribution in [0.15, 0.2) is 42.5 Å². The minimum Gasteiger partial charge on any atom is -0.497 e. The van der Waals surface area contributed by atoms with E-state index in [4.69, 9.17) is 21.1 Å². The van der Waals surface area contributed by atoms with Crippen LogP contribution >= 0.6 is 11.6 Å². The Kier molecular flexibility index (Phi) is 11.5. The molecule has 0 saturated heterocycles. The number of methoxy groups -OCH3 is 2. The van der Waals surface area contributed by atoms with E-state index in [-0.39, 0.29) is 23.9 Å². The average Bonchev–Trinajstić information content (AvgIpc) is 2.87. The summed E-state index contributed by atoms with van der Waals surface area (Å²) >= 11 is 6.37. The second kappa shape index (κ2) is 14.1. The molecule has 0 aliphatic rings. The molecule has 0 aliphatic heterocycles. The number of hydrogen-bond acceptors (Lipinski definition) is 6. The van der Waals surface area contributed by atoms with Crippen LogP contribution in [-0.4, -0.2) is 64.7 Å². The summed E-state index contributed by atoms with van der Waals surface area (Å²) in [6.45, 7) is 3.78. The summed E-state index contributed by atoms with van der Waals surface area (Å²) in [4.78, 5) is 28.3. The Morgan fingerprint density at radius 1 is 1.08 bits per heavy atom. The third kappa shape index (κ3) is 8.26. The minimum atomic E-state index is -3.93. The van der Waals surface area contributed by atoms with Gasteiger partial charge in [0.25, 0.3) is 0 Å². The van der Waals surface area contributed by atoms with Gasteiger partial charge < -0.3 is 19.7 Å². The quantitative estimate of drug-likeness (QED) is 0.356. The lowest BCUT2D eigenvalue weighted by molar-refractivity contribution is -0.140. The fraction of sp³-hybridized carbons (Fsp3) is 0.462. The number of sulfonamides is 1. The summed E-state index contributed by atoms with van der Waals surface area (Å²) in [5, 5.41) is 3.33. The largest absolute Gasteiger partial charge is 0.497 e. The molecule has 1 atom stereocenters. The number of carbonyl (C=O) groups excluding carboxylic acids is 2. The fourth-order valence-corrected chi connectivity index (χ4v) is 4.86. The Bertz CT molecular complexity index is 1170. The number of carbonyl (C=O) groups is 2. The number of anilines is 1. The van der Waals surface area contributed by atoms with Crippen molar-refractivity contribution in [1.29, 1.82) is 0 Å². The molecule has 0 spiro atoms. The van der Waals surface area contributed by atoms with Crippen molar-refractivity contribution in [3.8, 4) is 11.5 Å². The first-order valence-corrected chi connectivity index (χ1v) is 14.3. The van der Waals surface area contributed by atoms with Crippen molar-refractivity contribution in [3.63, 3.8) is 0 Å². The van der Waals surface area contributed by atoms with Crippen LogP contribution in [0.5, 0.6) is 11.5 Å². The van der Waals surface area contributed by atoms with Crippen molar-refractivity contribution < 1.29 is 27.5 Å². The van der Waals surface area contributed by atoms with Gasteiger partial charge in [0.1, 0.15) is 24.1 Å². The smallest absolute Gasteiger partial charge is 0.244 e. The van der Waals surface area contributed by atoms with Gasteiger partial charge in [-0.25, -0.2) is 8.42 Å². The van der Waals surface area contributed by atoms with E-state index < -0.39 is 28.5 Å². The van der Waals surface area contributed by atoms with E-state index in [0.29, 0.717) is 29.3 Å². The van der Waals surface area contributed by atoms with Crippen LogP contribution in [0, 0.1) is 0 Å². The summed E-state index contributed by atoms with van der Waals surface area (Å²) in [7, 11) is -1.07. The third-order valence-electron chi connectivity index (χ3n) is 5.85. The van der Waals surface area contributed by atoms with Gasteiger partial charge in [0.15, 0.2) is 0 Å².